The molecule has 1 unspecified atom stereocenters. The van der Waals surface area contributed by atoms with Crippen LogP contribution >= 0.6 is 0 Å². The van der Waals surface area contributed by atoms with Crippen LogP contribution in [-0.4, -0.2) is 53.6 Å². The van der Waals surface area contributed by atoms with Crippen LogP contribution < -0.4 is 14.9 Å². The number of hydrogen-bond acceptors (Lipinski definition) is 5. The fourth-order valence-electron chi connectivity index (χ4n) is 3.28. The van der Waals surface area contributed by atoms with Gasteiger partial charge in [0.2, 0.25) is 10.0 Å². The summed E-state index contributed by atoms with van der Waals surface area (Å²) in [6.45, 7) is 5.44. The van der Waals surface area contributed by atoms with Crippen LogP contribution in [0.25, 0.3) is 0 Å². The summed E-state index contributed by atoms with van der Waals surface area (Å²) in [6, 6.07) is 4.78. The third-order valence-electron chi connectivity index (χ3n) is 4.68. The first-order valence-electron chi connectivity index (χ1n) is 9.11. The topological polar surface area (TPSA) is 106 Å². The average molecular weight is 399 g/mol. The number of quaternary nitrogens is 1. The fourth-order valence-corrected chi connectivity index (χ4v) is 4.28. The Morgan fingerprint density at radius 3 is 2.74 bits per heavy atom. The standard InChI is InChI=1S/C18H27N3O5S/c1-4-26-18(23)14-6-5-9-21(11-14)12-17(22)20-15-8-7-13(2)16(10-15)27(24,25)19-3/h7-8,10,14,19H,4-6,9,11-12H2,1-3H3,(H,20,22)/p+1/t14-/m0/s1. The van der Waals surface area contributed by atoms with Gasteiger partial charge in [-0.15, -0.1) is 0 Å². The molecule has 0 bridgehead atoms. The molecule has 0 aliphatic carbocycles. The number of hydrogen-bond donors (Lipinski definition) is 3. The predicted molar refractivity (Wildman–Crippen MR) is 101 cm³/mol. The Hall–Kier alpha value is -1.97. The normalized spacial score (nSPS) is 20.1. The van der Waals surface area contributed by atoms with Gasteiger partial charge in [0.25, 0.3) is 5.91 Å². The quantitative estimate of drug-likeness (QED) is 0.547. The van der Waals surface area contributed by atoms with Gasteiger partial charge >= 0.3 is 5.97 Å². The van der Waals surface area contributed by atoms with Crippen molar-refractivity contribution < 1.29 is 27.6 Å². The lowest BCUT2D eigenvalue weighted by Gasteiger charge is -2.28. The van der Waals surface area contributed by atoms with Gasteiger partial charge in [-0.1, -0.05) is 6.07 Å². The largest absolute Gasteiger partial charge is 0.466 e. The summed E-state index contributed by atoms with van der Waals surface area (Å²) in [5, 5.41) is 2.75. The summed E-state index contributed by atoms with van der Waals surface area (Å²) in [5.74, 6) is -0.588. The lowest BCUT2D eigenvalue weighted by atomic mass is 9.98. The second-order valence-electron chi connectivity index (χ2n) is 6.71. The third kappa shape index (κ3) is 5.75. The van der Waals surface area contributed by atoms with Crippen LogP contribution in [-0.2, 0) is 24.3 Å². The van der Waals surface area contributed by atoms with Gasteiger partial charge in [-0.3, -0.25) is 9.59 Å². The number of carbonyl (C=O) groups is 2. The van der Waals surface area contributed by atoms with Gasteiger partial charge in [0, 0.05) is 5.69 Å². The predicted octanol–water partition coefficient (Wildman–Crippen LogP) is -0.300. The summed E-state index contributed by atoms with van der Waals surface area (Å²) in [6.07, 6.45) is 1.65. The molecule has 27 heavy (non-hydrogen) atoms. The molecule has 2 rings (SSSR count). The highest BCUT2D eigenvalue weighted by Gasteiger charge is 2.30. The van der Waals surface area contributed by atoms with E-state index in [9.17, 15) is 18.0 Å². The Morgan fingerprint density at radius 2 is 2.07 bits per heavy atom. The molecule has 3 N–H and O–H groups in total. The molecule has 1 aromatic rings. The summed E-state index contributed by atoms with van der Waals surface area (Å²) in [5.41, 5.74) is 1.03. The van der Waals surface area contributed by atoms with Gasteiger partial charge in [0.1, 0.15) is 5.92 Å². The van der Waals surface area contributed by atoms with Gasteiger partial charge in [0.15, 0.2) is 6.54 Å². The van der Waals surface area contributed by atoms with E-state index >= 15 is 0 Å². The molecule has 0 spiro atoms. The van der Waals surface area contributed by atoms with E-state index in [0.717, 1.165) is 24.3 Å². The first-order chi connectivity index (χ1) is 12.8. The van der Waals surface area contributed by atoms with Crippen molar-refractivity contribution in [3.8, 4) is 0 Å². The zero-order valence-corrected chi connectivity index (χ0v) is 16.8. The number of piperidine rings is 1. The highest BCUT2D eigenvalue weighted by Crippen LogP contribution is 2.19. The smallest absolute Gasteiger partial charge is 0.314 e. The van der Waals surface area contributed by atoms with Gasteiger partial charge in [-0.25, -0.2) is 13.1 Å². The molecule has 1 amide bonds. The van der Waals surface area contributed by atoms with Crippen LogP contribution in [0.4, 0.5) is 5.69 Å². The zero-order chi connectivity index (χ0) is 20.0. The van der Waals surface area contributed by atoms with Crippen molar-refractivity contribution in [2.75, 3.05) is 38.6 Å². The Bertz CT molecular complexity index is 794. The minimum atomic E-state index is -3.59. The Labute approximate surface area is 160 Å². The number of esters is 1. The number of nitrogens with one attached hydrogen (secondary N) is 3. The molecule has 0 aromatic heterocycles. The van der Waals surface area contributed by atoms with Crippen LogP contribution in [0, 0.1) is 12.8 Å². The number of ether oxygens (including phenoxy) is 1. The van der Waals surface area contributed by atoms with E-state index < -0.39 is 10.0 Å². The van der Waals surface area contributed by atoms with E-state index in [1.54, 1.807) is 26.0 Å². The summed E-state index contributed by atoms with van der Waals surface area (Å²) in [7, 11) is -2.25. The molecule has 1 aliphatic heterocycles. The molecule has 1 aromatic carbocycles. The number of benzene rings is 1. The van der Waals surface area contributed by atoms with Crippen LogP contribution in [0.3, 0.4) is 0 Å². The highest BCUT2D eigenvalue weighted by atomic mass is 32.2. The first kappa shape index (κ1) is 21.3. The van der Waals surface area contributed by atoms with Crippen LogP contribution in [0.15, 0.2) is 23.1 Å². The molecular formula is C18H28N3O5S+. The van der Waals surface area contributed by atoms with Crippen molar-refractivity contribution >= 4 is 27.6 Å². The van der Waals surface area contributed by atoms with E-state index in [2.05, 4.69) is 10.0 Å². The molecule has 1 saturated heterocycles. The zero-order valence-electron chi connectivity index (χ0n) is 16.0. The maximum Gasteiger partial charge on any atom is 0.314 e. The lowest BCUT2D eigenvalue weighted by molar-refractivity contribution is -0.899. The Morgan fingerprint density at radius 1 is 1.33 bits per heavy atom. The number of aryl methyl sites for hydroxylation is 1. The van der Waals surface area contributed by atoms with Crippen molar-refractivity contribution in [3.05, 3.63) is 23.8 Å². The van der Waals surface area contributed by atoms with Crippen LogP contribution in [0.1, 0.15) is 25.3 Å². The SMILES string of the molecule is CCOC(=O)[C@H]1CCC[NH+](CC(=O)Nc2ccc(C)c(S(=O)(=O)NC)c2)C1. The van der Waals surface area contributed by atoms with Gasteiger partial charge in [-0.2, -0.15) is 0 Å². The minimum absolute atomic E-state index is 0.135. The molecule has 2 atom stereocenters. The second kappa shape index (κ2) is 9.29. The molecule has 0 saturated carbocycles. The van der Waals surface area contributed by atoms with E-state index in [-0.39, 0.29) is 29.2 Å². The number of sulfonamides is 1. The van der Waals surface area contributed by atoms with Crippen molar-refractivity contribution in [1.29, 1.82) is 0 Å². The minimum Gasteiger partial charge on any atom is -0.466 e. The number of amides is 1. The van der Waals surface area contributed by atoms with Crippen molar-refractivity contribution in [2.45, 2.75) is 31.6 Å². The summed E-state index contributed by atoms with van der Waals surface area (Å²) in [4.78, 5) is 25.5. The monoisotopic (exact) mass is 398 g/mol. The highest BCUT2D eigenvalue weighted by molar-refractivity contribution is 7.89. The maximum absolute atomic E-state index is 12.4. The summed E-state index contributed by atoms with van der Waals surface area (Å²) >= 11 is 0. The molecule has 1 aliphatic rings. The van der Waals surface area contributed by atoms with Gasteiger partial charge < -0.3 is 15.0 Å². The van der Waals surface area contributed by atoms with E-state index in [4.69, 9.17) is 4.74 Å². The third-order valence-corrected chi connectivity index (χ3v) is 6.23. The number of rotatable bonds is 7. The van der Waals surface area contributed by atoms with Crippen LogP contribution in [0.5, 0.6) is 0 Å². The van der Waals surface area contributed by atoms with Crippen molar-refractivity contribution in [2.24, 2.45) is 5.92 Å². The van der Waals surface area contributed by atoms with E-state index in [1.807, 2.05) is 0 Å². The molecule has 1 heterocycles. The van der Waals surface area contributed by atoms with Gasteiger partial charge in [0.05, 0.1) is 24.6 Å². The molecule has 1 fully saturated rings. The van der Waals surface area contributed by atoms with Crippen molar-refractivity contribution in [1.82, 2.24) is 4.72 Å². The lowest BCUT2D eigenvalue weighted by Crippen LogP contribution is -3.14. The second-order valence-corrected chi connectivity index (χ2v) is 8.56. The Balaban J connectivity index is 2.00. The molecule has 9 heteroatoms. The Kier molecular flexibility index (Phi) is 7.34. The van der Waals surface area contributed by atoms with E-state index in [0.29, 0.717) is 24.4 Å². The molecule has 0 radical (unpaired) electrons. The van der Waals surface area contributed by atoms with Crippen molar-refractivity contribution in [3.63, 3.8) is 0 Å². The average Bonchev–Trinajstić information content (AvgIpc) is 2.63. The number of anilines is 1. The number of likely N-dealkylation sites (tertiary alicyclic amines) is 1. The number of carbonyl (C=O) groups excluding carboxylic acids is 2. The summed E-state index contributed by atoms with van der Waals surface area (Å²) < 4.78 is 31.5. The maximum atomic E-state index is 12.4. The molecular weight excluding hydrogens is 370 g/mol. The molecule has 150 valence electrons. The van der Waals surface area contributed by atoms with Crippen LogP contribution in [0.2, 0.25) is 0 Å². The first-order valence-corrected chi connectivity index (χ1v) is 10.6. The molecule has 8 nitrogen and oxygen atoms in total. The van der Waals surface area contributed by atoms with E-state index in [1.165, 1.54) is 13.1 Å². The van der Waals surface area contributed by atoms with Gasteiger partial charge in [-0.05, 0) is 51.4 Å². The fraction of sp³-hybridized carbons (Fsp3) is 0.556.